The van der Waals surface area contributed by atoms with Crippen molar-refractivity contribution in [2.24, 2.45) is 0 Å². The van der Waals surface area contributed by atoms with E-state index < -0.39 is 15.9 Å². The summed E-state index contributed by atoms with van der Waals surface area (Å²) < 4.78 is 26.4. The fourth-order valence-electron chi connectivity index (χ4n) is 1.34. The van der Waals surface area contributed by atoms with Crippen LogP contribution in [0.5, 0.6) is 0 Å². The monoisotopic (exact) mass is 303 g/mol. The molecule has 0 aliphatic rings. The van der Waals surface area contributed by atoms with Gasteiger partial charge in [0, 0.05) is 12.8 Å². The molecule has 5 nitrogen and oxygen atoms in total. The molecule has 0 aromatic rings. The lowest BCUT2D eigenvalue weighted by atomic mass is 10.1. The van der Waals surface area contributed by atoms with Gasteiger partial charge in [0.15, 0.2) is 9.84 Å². The maximum Gasteiger partial charge on any atom is 0.407 e. The average Bonchev–Trinajstić information content (AvgIpc) is 2.26. The van der Waals surface area contributed by atoms with E-state index in [1.54, 1.807) is 0 Å². The number of alkyl carbamates (subject to hydrolysis) is 1. The molecule has 0 rings (SSSR count). The number of carbonyl (C=O) groups excluding carboxylic acids is 1. The summed E-state index contributed by atoms with van der Waals surface area (Å²) in [6, 6.07) is 0. The minimum Gasteiger partial charge on any atom is -0.448 e. The van der Waals surface area contributed by atoms with Crippen molar-refractivity contribution in [3.05, 3.63) is 23.3 Å². The van der Waals surface area contributed by atoms with Crippen molar-refractivity contribution < 1.29 is 17.9 Å². The van der Waals surface area contributed by atoms with Crippen molar-refractivity contribution in [1.82, 2.24) is 5.32 Å². The van der Waals surface area contributed by atoms with E-state index in [-0.39, 0.29) is 12.4 Å². The van der Waals surface area contributed by atoms with Crippen LogP contribution < -0.4 is 5.32 Å². The molecule has 1 amide bonds. The summed E-state index contributed by atoms with van der Waals surface area (Å²) in [5.74, 6) is -0.155. The van der Waals surface area contributed by atoms with Crippen LogP contribution in [0.25, 0.3) is 0 Å². The van der Waals surface area contributed by atoms with Crippen molar-refractivity contribution >= 4 is 15.9 Å². The molecule has 0 heterocycles. The smallest absolute Gasteiger partial charge is 0.407 e. The van der Waals surface area contributed by atoms with Crippen LogP contribution in [0.1, 0.15) is 33.6 Å². The van der Waals surface area contributed by atoms with Crippen molar-refractivity contribution in [3.63, 3.8) is 0 Å². The first kappa shape index (κ1) is 18.7. The number of rotatable bonds is 8. The molecule has 1 N–H and O–H groups in total. The van der Waals surface area contributed by atoms with Crippen LogP contribution in [-0.4, -0.2) is 39.7 Å². The minimum absolute atomic E-state index is 0.117. The van der Waals surface area contributed by atoms with E-state index in [1.807, 2.05) is 13.0 Å². The SMILES string of the molecule is CC(C)=CCC/C(C)=C\CNC(=O)OCCS(C)(=O)=O. The molecule has 0 saturated heterocycles. The summed E-state index contributed by atoms with van der Waals surface area (Å²) in [4.78, 5) is 11.2. The Hall–Kier alpha value is -1.30. The molecule has 0 saturated carbocycles. The lowest BCUT2D eigenvalue weighted by Gasteiger charge is -2.05. The van der Waals surface area contributed by atoms with Crippen LogP contribution >= 0.6 is 0 Å². The van der Waals surface area contributed by atoms with Gasteiger partial charge in [-0.1, -0.05) is 23.3 Å². The van der Waals surface area contributed by atoms with Gasteiger partial charge in [0.1, 0.15) is 6.61 Å². The Labute approximate surface area is 122 Å². The fraction of sp³-hybridized carbons (Fsp3) is 0.643. The molecule has 116 valence electrons. The number of amides is 1. The molecule has 20 heavy (non-hydrogen) atoms. The molecule has 0 fully saturated rings. The van der Waals surface area contributed by atoms with Gasteiger partial charge >= 0.3 is 6.09 Å². The van der Waals surface area contributed by atoms with Gasteiger partial charge in [0.25, 0.3) is 0 Å². The number of hydrogen-bond donors (Lipinski definition) is 1. The summed E-state index contributed by atoms with van der Waals surface area (Å²) >= 11 is 0. The van der Waals surface area contributed by atoms with Crippen molar-refractivity contribution in [2.75, 3.05) is 25.2 Å². The highest BCUT2D eigenvalue weighted by Crippen LogP contribution is 2.05. The summed E-state index contributed by atoms with van der Waals surface area (Å²) in [5.41, 5.74) is 2.49. The molecule has 0 aliphatic heterocycles. The van der Waals surface area contributed by atoms with Crippen LogP contribution in [0.2, 0.25) is 0 Å². The maximum atomic E-state index is 11.2. The Morgan fingerprint density at radius 2 is 1.85 bits per heavy atom. The Kier molecular flexibility index (Phi) is 8.96. The summed E-state index contributed by atoms with van der Waals surface area (Å²) in [5, 5.41) is 2.55. The molecule has 0 aromatic carbocycles. The zero-order valence-corrected chi connectivity index (χ0v) is 13.5. The maximum absolute atomic E-state index is 11.2. The fourth-order valence-corrected chi connectivity index (χ4v) is 1.72. The average molecular weight is 303 g/mol. The quantitative estimate of drug-likeness (QED) is 0.699. The van der Waals surface area contributed by atoms with E-state index in [0.717, 1.165) is 19.1 Å². The summed E-state index contributed by atoms with van der Waals surface area (Å²) in [6.45, 7) is 6.40. The second kappa shape index (κ2) is 9.58. The molecule has 0 aromatic heterocycles. The highest BCUT2D eigenvalue weighted by Gasteiger charge is 2.05. The lowest BCUT2D eigenvalue weighted by molar-refractivity contribution is 0.154. The number of allylic oxidation sites excluding steroid dienone is 3. The summed E-state index contributed by atoms with van der Waals surface area (Å²) in [7, 11) is -3.09. The van der Waals surface area contributed by atoms with Gasteiger partial charge in [-0.2, -0.15) is 0 Å². The first-order valence-electron chi connectivity index (χ1n) is 6.58. The Morgan fingerprint density at radius 3 is 2.40 bits per heavy atom. The second-order valence-electron chi connectivity index (χ2n) is 5.02. The van der Waals surface area contributed by atoms with E-state index in [1.165, 1.54) is 11.1 Å². The van der Waals surface area contributed by atoms with Crippen LogP contribution in [-0.2, 0) is 14.6 Å². The van der Waals surface area contributed by atoms with Crippen LogP contribution in [0.4, 0.5) is 4.79 Å². The number of hydrogen-bond acceptors (Lipinski definition) is 4. The van der Waals surface area contributed by atoms with Gasteiger partial charge in [-0.15, -0.1) is 0 Å². The van der Waals surface area contributed by atoms with Crippen LogP contribution in [0, 0.1) is 0 Å². The van der Waals surface area contributed by atoms with Gasteiger partial charge in [-0.25, -0.2) is 13.2 Å². The van der Waals surface area contributed by atoms with E-state index in [9.17, 15) is 13.2 Å². The molecular weight excluding hydrogens is 278 g/mol. The third kappa shape index (κ3) is 13.1. The zero-order valence-electron chi connectivity index (χ0n) is 12.7. The molecule has 6 heteroatoms. The Bertz CT molecular complexity index is 460. The molecule has 0 bridgehead atoms. The zero-order chi connectivity index (χ0) is 15.6. The third-order valence-corrected chi connectivity index (χ3v) is 3.38. The number of sulfone groups is 1. The van der Waals surface area contributed by atoms with Gasteiger partial charge in [0.05, 0.1) is 5.75 Å². The van der Waals surface area contributed by atoms with E-state index in [0.29, 0.717) is 6.54 Å². The van der Waals surface area contributed by atoms with Gasteiger partial charge in [0.2, 0.25) is 0 Å². The molecule has 0 aliphatic carbocycles. The van der Waals surface area contributed by atoms with E-state index >= 15 is 0 Å². The second-order valence-corrected chi connectivity index (χ2v) is 7.28. The molecule has 0 spiro atoms. The van der Waals surface area contributed by atoms with E-state index in [2.05, 4.69) is 25.2 Å². The first-order chi connectivity index (χ1) is 9.20. The van der Waals surface area contributed by atoms with Gasteiger partial charge < -0.3 is 10.1 Å². The Balaban J connectivity index is 3.81. The number of carbonyl (C=O) groups is 1. The van der Waals surface area contributed by atoms with Crippen molar-refractivity contribution in [2.45, 2.75) is 33.6 Å². The van der Waals surface area contributed by atoms with Crippen molar-refractivity contribution in [3.8, 4) is 0 Å². The van der Waals surface area contributed by atoms with Gasteiger partial charge in [-0.05, 0) is 33.6 Å². The largest absolute Gasteiger partial charge is 0.448 e. The highest BCUT2D eigenvalue weighted by molar-refractivity contribution is 7.90. The standard InChI is InChI=1S/C14H25NO4S/c1-12(2)6-5-7-13(3)8-9-15-14(16)19-10-11-20(4,17)18/h6,8H,5,7,9-11H2,1-4H3,(H,15,16)/b13-8-. The molecule has 0 unspecified atom stereocenters. The minimum atomic E-state index is -3.09. The predicted molar refractivity (Wildman–Crippen MR) is 81.5 cm³/mol. The Morgan fingerprint density at radius 1 is 1.20 bits per heavy atom. The normalized spacial score (nSPS) is 11.9. The lowest BCUT2D eigenvalue weighted by Crippen LogP contribution is -2.26. The van der Waals surface area contributed by atoms with E-state index in [4.69, 9.17) is 4.74 Å². The van der Waals surface area contributed by atoms with Crippen LogP contribution in [0.15, 0.2) is 23.3 Å². The summed E-state index contributed by atoms with van der Waals surface area (Å²) in [6.07, 6.45) is 6.55. The number of ether oxygens (including phenoxy) is 1. The molecular formula is C14H25NO4S. The molecule has 0 atom stereocenters. The van der Waals surface area contributed by atoms with Gasteiger partial charge in [-0.3, -0.25) is 0 Å². The number of nitrogens with one attached hydrogen (secondary N) is 1. The topological polar surface area (TPSA) is 72.5 Å². The van der Waals surface area contributed by atoms with Crippen molar-refractivity contribution in [1.29, 1.82) is 0 Å². The van der Waals surface area contributed by atoms with Crippen LogP contribution in [0.3, 0.4) is 0 Å². The molecule has 0 radical (unpaired) electrons. The third-order valence-electron chi connectivity index (χ3n) is 2.48. The predicted octanol–water partition coefficient (Wildman–Crippen LogP) is 2.45. The highest BCUT2D eigenvalue weighted by atomic mass is 32.2. The first-order valence-corrected chi connectivity index (χ1v) is 8.64.